The van der Waals surface area contributed by atoms with Crippen LogP contribution < -0.4 is 11.3 Å². The Balaban J connectivity index is 2.22. The fraction of sp³-hybridized carbons (Fsp3) is 0.167. The van der Waals surface area contributed by atoms with Gasteiger partial charge in [0.1, 0.15) is 0 Å². The Labute approximate surface area is 113 Å². The Kier molecular flexibility index (Phi) is 4.23. The van der Waals surface area contributed by atoms with Crippen LogP contribution in [0.3, 0.4) is 0 Å². The van der Waals surface area contributed by atoms with Gasteiger partial charge in [-0.3, -0.25) is 11.3 Å². The number of nitrogens with one attached hydrogen (secondary N) is 1. The highest BCUT2D eigenvalue weighted by atomic mass is 79.9. The van der Waals surface area contributed by atoms with Crippen molar-refractivity contribution in [2.45, 2.75) is 12.5 Å². The van der Waals surface area contributed by atoms with Crippen LogP contribution in [0.1, 0.15) is 17.2 Å². The molecule has 5 heteroatoms. The van der Waals surface area contributed by atoms with Crippen LogP contribution in [0.5, 0.6) is 0 Å². The van der Waals surface area contributed by atoms with Crippen molar-refractivity contribution in [3.8, 4) is 0 Å². The van der Waals surface area contributed by atoms with Crippen molar-refractivity contribution < 1.29 is 4.42 Å². The predicted molar refractivity (Wildman–Crippen MR) is 71.6 cm³/mol. The number of nitrogens with two attached hydrogens (primary N) is 1. The molecule has 0 spiro atoms. The summed E-state index contributed by atoms with van der Waals surface area (Å²) < 4.78 is 6.13. The highest BCUT2D eigenvalue weighted by molar-refractivity contribution is 9.10. The van der Waals surface area contributed by atoms with Crippen LogP contribution in [-0.4, -0.2) is 0 Å². The van der Waals surface area contributed by atoms with Crippen molar-refractivity contribution in [3.63, 3.8) is 0 Å². The summed E-state index contributed by atoms with van der Waals surface area (Å²) in [6, 6.07) is 9.76. The first kappa shape index (κ1) is 12.6. The molecule has 0 aliphatic heterocycles. The highest BCUT2D eigenvalue weighted by Crippen LogP contribution is 2.28. The molecule has 0 radical (unpaired) electrons. The Hall–Kier alpha value is -0.810. The molecule has 2 aromatic rings. The molecule has 1 aromatic carbocycles. The summed E-state index contributed by atoms with van der Waals surface area (Å²) in [5.41, 5.74) is 4.78. The van der Waals surface area contributed by atoms with Crippen LogP contribution in [0.4, 0.5) is 0 Å². The number of rotatable bonds is 4. The molecule has 0 bridgehead atoms. The molecule has 90 valence electrons. The molecule has 3 nitrogen and oxygen atoms in total. The van der Waals surface area contributed by atoms with Gasteiger partial charge in [0.15, 0.2) is 5.22 Å². The van der Waals surface area contributed by atoms with Crippen molar-refractivity contribution in [2.75, 3.05) is 0 Å². The third-order valence-electron chi connectivity index (χ3n) is 2.60. The van der Waals surface area contributed by atoms with Gasteiger partial charge < -0.3 is 4.42 Å². The van der Waals surface area contributed by atoms with E-state index in [1.165, 1.54) is 0 Å². The maximum absolute atomic E-state index is 5.95. The predicted octanol–water partition coefficient (Wildman–Crippen LogP) is 3.44. The van der Waals surface area contributed by atoms with Crippen LogP contribution >= 0.6 is 27.5 Å². The fourth-order valence-corrected chi connectivity index (χ4v) is 2.39. The molecule has 17 heavy (non-hydrogen) atoms. The van der Waals surface area contributed by atoms with Crippen LogP contribution in [0.2, 0.25) is 5.22 Å². The first-order valence-corrected chi connectivity index (χ1v) is 6.32. The third-order valence-corrected chi connectivity index (χ3v) is 3.69. The van der Waals surface area contributed by atoms with E-state index in [1.54, 1.807) is 6.26 Å². The summed E-state index contributed by atoms with van der Waals surface area (Å²) in [6.07, 6.45) is 2.29. The van der Waals surface area contributed by atoms with E-state index < -0.39 is 0 Å². The van der Waals surface area contributed by atoms with E-state index in [0.29, 0.717) is 5.22 Å². The van der Waals surface area contributed by atoms with E-state index in [4.69, 9.17) is 21.9 Å². The average molecular weight is 316 g/mol. The van der Waals surface area contributed by atoms with Gasteiger partial charge in [-0.2, -0.15) is 0 Å². The summed E-state index contributed by atoms with van der Waals surface area (Å²) >= 11 is 9.46. The fourth-order valence-electron chi connectivity index (χ4n) is 1.70. The number of hydrazine groups is 1. The van der Waals surface area contributed by atoms with Crippen molar-refractivity contribution in [3.05, 3.63) is 57.4 Å². The minimum absolute atomic E-state index is 0.0695. The molecule has 0 aliphatic rings. The Bertz CT molecular complexity index is 501. The van der Waals surface area contributed by atoms with Gasteiger partial charge in [-0.25, -0.2) is 0 Å². The van der Waals surface area contributed by atoms with Crippen LogP contribution in [-0.2, 0) is 6.42 Å². The smallest absolute Gasteiger partial charge is 0.197 e. The molecule has 1 unspecified atom stereocenters. The second kappa shape index (κ2) is 5.69. The van der Waals surface area contributed by atoms with E-state index in [-0.39, 0.29) is 6.04 Å². The Morgan fingerprint density at radius 2 is 2.12 bits per heavy atom. The molecule has 0 amide bonds. The molecular weight excluding hydrogens is 304 g/mol. The molecule has 0 aliphatic carbocycles. The van der Waals surface area contributed by atoms with Gasteiger partial charge in [-0.1, -0.05) is 34.1 Å². The van der Waals surface area contributed by atoms with Gasteiger partial charge in [-0.05, 0) is 35.7 Å². The number of hydrogen-bond acceptors (Lipinski definition) is 3. The van der Waals surface area contributed by atoms with Crippen molar-refractivity contribution in [2.24, 2.45) is 5.84 Å². The van der Waals surface area contributed by atoms with Gasteiger partial charge in [0.25, 0.3) is 0 Å². The number of halogens is 2. The van der Waals surface area contributed by atoms with E-state index in [9.17, 15) is 0 Å². The monoisotopic (exact) mass is 314 g/mol. The van der Waals surface area contributed by atoms with Crippen LogP contribution in [0, 0.1) is 0 Å². The quantitative estimate of drug-likeness (QED) is 0.671. The van der Waals surface area contributed by atoms with E-state index in [0.717, 1.165) is 22.0 Å². The van der Waals surface area contributed by atoms with E-state index in [1.807, 2.05) is 30.3 Å². The van der Waals surface area contributed by atoms with Gasteiger partial charge >= 0.3 is 0 Å². The van der Waals surface area contributed by atoms with Crippen molar-refractivity contribution in [1.82, 2.24) is 5.43 Å². The van der Waals surface area contributed by atoms with Crippen molar-refractivity contribution in [1.29, 1.82) is 0 Å². The molecular formula is C12H12BrClN2O. The standard InChI is InChI=1S/C12H12BrClN2O/c13-10-4-2-1-3-8(10)7-11(16-15)9-5-6-17-12(9)14/h1-6,11,16H,7,15H2. The van der Waals surface area contributed by atoms with Gasteiger partial charge in [0.05, 0.1) is 12.3 Å². The molecule has 0 saturated heterocycles. The molecule has 1 aromatic heterocycles. The molecule has 2 rings (SSSR count). The second-order valence-electron chi connectivity index (χ2n) is 3.66. The van der Waals surface area contributed by atoms with Gasteiger partial charge in [-0.15, -0.1) is 0 Å². The summed E-state index contributed by atoms with van der Waals surface area (Å²) in [5, 5.41) is 0.375. The maximum Gasteiger partial charge on any atom is 0.197 e. The minimum atomic E-state index is -0.0695. The van der Waals surface area contributed by atoms with Gasteiger partial charge in [0, 0.05) is 10.0 Å². The second-order valence-corrected chi connectivity index (χ2v) is 4.86. The maximum atomic E-state index is 5.95. The molecule has 3 N–H and O–H groups in total. The topological polar surface area (TPSA) is 51.2 Å². The van der Waals surface area contributed by atoms with Gasteiger partial charge in [0.2, 0.25) is 0 Å². The zero-order valence-corrected chi connectivity index (χ0v) is 11.3. The zero-order valence-electron chi connectivity index (χ0n) is 8.99. The summed E-state index contributed by atoms with van der Waals surface area (Å²) in [7, 11) is 0. The molecule has 0 saturated carbocycles. The lowest BCUT2D eigenvalue weighted by Crippen LogP contribution is -2.29. The summed E-state index contributed by atoms with van der Waals surface area (Å²) in [4.78, 5) is 0. The number of furan rings is 1. The average Bonchev–Trinajstić information content (AvgIpc) is 2.75. The third kappa shape index (κ3) is 2.90. The highest BCUT2D eigenvalue weighted by Gasteiger charge is 2.17. The molecule has 1 heterocycles. The minimum Gasteiger partial charge on any atom is -0.453 e. The zero-order chi connectivity index (χ0) is 12.3. The molecule has 1 atom stereocenters. The van der Waals surface area contributed by atoms with E-state index in [2.05, 4.69) is 21.4 Å². The normalized spacial score (nSPS) is 12.6. The summed E-state index contributed by atoms with van der Waals surface area (Å²) in [6.45, 7) is 0. The lowest BCUT2D eigenvalue weighted by molar-refractivity contribution is 0.526. The van der Waals surface area contributed by atoms with Crippen LogP contribution in [0.15, 0.2) is 45.5 Å². The Morgan fingerprint density at radius 3 is 2.71 bits per heavy atom. The van der Waals surface area contributed by atoms with E-state index >= 15 is 0 Å². The number of hydrogen-bond donors (Lipinski definition) is 2. The van der Waals surface area contributed by atoms with Crippen molar-refractivity contribution >= 4 is 27.5 Å². The summed E-state index contributed by atoms with van der Waals surface area (Å²) in [5.74, 6) is 5.57. The van der Waals surface area contributed by atoms with Crippen LogP contribution in [0.25, 0.3) is 0 Å². The Morgan fingerprint density at radius 1 is 1.35 bits per heavy atom. The SMILES string of the molecule is NNC(Cc1ccccc1Br)c1ccoc1Cl. The molecule has 0 fully saturated rings. The first-order chi connectivity index (χ1) is 8.22. The largest absolute Gasteiger partial charge is 0.453 e. The number of benzene rings is 1. The lowest BCUT2D eigenvalue weighted by Gasteiger charge is -2.15. The lowest BCUT2D eigenvalue weighted by atomic mass is 10.0. The first-order valence-electron chi connectivity index (χ1n) is 5.14.